The van der Waals surface area contributed by atoms with Gasteiger partial charge in [-0.25, -0.2) is 4.79 Å². The number of amides is 2. The maximum Gasteiger partial charge on any atom is 0.325 e. The van der Waals surface area contributed by atoms with Gasteiger partial charge in [-0.05, 0) is 0 Å². The molecule has 1 aliphatic heterocycles. The van der Waals surface area contributed by atoms with E-state index in [1.54, 1.807) is 7.05 Å². The first-order chi connectivity index (χ1) is 5.04. The number of urea groups is 1. The van der Waals surface area contributed by atoms with Gasteiger partial charge in [0.05, 0.1) is 5.03 Å². The zero-order valence-electron chi connectivity index (χ0n) is 6.28. The molecule has 5 heteroatoms. The minimum Gasteiger partial charge on any atom is -0.368 e. The molecule has 62 valence electrons. The summed E-state index contributed by atoms with van der Waals surface area (Å²) in [6.45, 7) is 0. The number of carbonyl (C=O) groups excluding carboxylic acids is 1. The van der Waals surface area contributed by atoms with Crippen molar-refractivity contribution in [2.75, 3.05) is 14.1 Å². The Morgan fingerprint density at radius 2 is 2.18 bits per heavy atom. The van der Waals surface area contributed by atoms with E-state index in [1.807, 2.05) is 0 Å². The lowest BCUT2D eigenvalue weighted by atomic mass is 10.4. The van der Waals surface area contributed by atoms with Gasteiger partial charge in [0.15, 0.2) is 6.23 Å². The Labute approximate surface area is 69.6 Å². The van der Waals surface area contributed by atoms with Crippen molar-refractivity contribution in [3.8, 4) is 0 Å². The highest BCUT2D eigenvalue weighted by Gasteiger charge is 2.27. The SMILES string of the molecule is CN1C=C(Cl)C(O)N(C)C1=O. The van der Waals surface area contributed by atoms with E-state index < -0.39 is 6.23 Å². The van der Waals surface area contributed by atoms with Crippen molar-refractivity contribution in [2.45, 2.75) is 6.23 Å². The van der Waals surface area contributed by atoms with Crippen LogP contribution in [0.2, 0.25) is 0 Å². The largest absolute Gasteiger partial charge is 0.368 e. The fourth-order valence-electron chi connectivity index (χ4n) is 0.845. The monoisotopic (exact) mass is 176 g/mol. The minimum absolute atomic E-state index is 0.245. The molecule has 11 heavy (non-hydrogen) atoms. The maximum absolute atomic E-state index is 11.1. The lowest BCUT2D eigenvalue weighted by molar-refractivity contribution is 0.0616. The predicted octanol–water partition coefficient (Wildman–Crippen LogP) is 0.382. The van der Waals surface area contributed by atoms with Crippen molar-refractivity contribution in [1.29, 1.82) is 0 Å². The number of aliphatic hydroxyl groups is 1. The van der Waals surface area contributed by atoms with Crippen LogP contribution < -0.4 is 0 Å². The lowest BCUT2D eigenvalue weighted by Gasteiger charge is -2.31. The second kappa shape index (κ2) is 2.71. The summed E-state index contributed by atoms with van der Waals surface area (Å²) in [5, 5.41) is 9.46. The average Bonchev–Trinajstić information content (AvgIpc) is 1.97. The zero-order valence-corrected chi connectivity index (χ0v) is 7.04. The molecule has 1 aliphatic rings. The fourth-order valence-corrected chi connectivity index (χ4v) is 1.14. The first-order valence-electron chi connectivity index (χ1n) is 3.09. The van der Waals surface area contributed by atoms with Gasteiger partial charge < -0.3 is 10.0 Å². The third-order valence-electron chi connectivity index (χ3n) is 1.53. The van der Waals surface area contributed by atoms with E-state index >= 15 is 0 Å². The smallest absolute Gasteiger partial charge is 0.325 e. The van der Waals surface area contributed by atoms with Gasteiger partial charge in [0, 0.05) is 20.3 Å². The van der Waals surface area contributed by atoms with Gasteiger partial charge in [-0.2, -0.15) is 0 Å². The Balaban J connectivity index is 2.92. The molecule has 0 radical (unpaired) electrons. The number of aliphatic hydroxyl groups excluding tert-OH is 1. The van der Waals surface area contributed by atoms with E-state index in [2.05, 4.69) is 0 Å². The molecule has 4 nitrogen and oxygen atoms in total. The van der Waals surface area contributed by atoms with Crippen LogP contribution in [0.25, 0.3) is 0 Å². The van der Waals surface area contributed by atoms with Crippen molar-refractivity contribution < 1.29 is 9.90 Å². The van der Waals surface area contributed by atoms with Crippen LogP contribution in [0.1, 0.15) is 0 Å². The number of carbonyl (C=O) groups is 1. The van der Waals surface area contributed by atoms with Crippen molar-refractivity contribution in [1.82, 2.24) is 9.80 Å². The molecule has 0 saturated heterocycles. The van der Waals surface area contributed by atoms with Crippen molar-refractivity contribution in [2.24, 2.45) is 0 Å². The van der Waals surface area contributed by atoms with Crippen molar-refractivity contribution in [3.63, 3.8) is 0 Å². The van der Waals surface area contributed by atoms with Gasteiger partial charge in [0.2, 0.25) is 0 Å². The van der Waals surface area contributed by atoms with E-state index in [0.717, 1.165) is 4.90 Å². The quantitative estimate of drug-likeness (QED) is 0.580. The highest BCUT2D eigenvalue weighted by Crippen LogP contribution is 2.18. The molecule has 1 N–H and O–H groups in total. The van der Waals surface area contributed by atoms with Gasteiger partial charge in [-0.15, -0.1) is 0 Å². The molecule has 0 aromatic heterocycles. The Kier molecular flexibility index (Phi) is 2.06. The lowest BCUT2D eigenvalue weighted by Crippen LogP contribution is -2.46. The highest BCUT2D eigenvalue weighted by molar-refractivity contribution is 6.30. The van der Waals surface area contributed by atoms with Crippen LogP contribution in [0.5, 0.6) is 0 Å². The zero-order chi connectivity index (χ0) is 8.59. The van der Waals surface area contributed by atoms with Crippen LogP contribution >= 0.6 is 11.6 Å². The second-order valence-electron chi connectivity index (χ2n) is 2.39. The summed E-state index contributed by atoms with van der Waals surface area (Å²) in [5.41, 5.74) is 0. The van der Waals surface area contributed by atoms with E-state index in [0.29, 0.717) is 0 Å². The molecule has 0 aromatic rings. The van der Waals surface area contributed by atoms with Crippen molar-refractivity contribution >= 4 is 17.6 Å². The minimum atomic E-state index is -1.000. The van der Waals surface area contributed by atoms with Crippen molar-refractivity contribution in [3.05, 3.63) is 11.2 Å². The Morgan fingerprint density at radius 1 is 1.64 bits per heavy atom. The molecule has 0 spiro atoms. The first kappa shape index (κ1) is 8.36. The Hall–Kier alpha value is -0.740. The number of hydrogen-bond donors (Lipinski definition) is 1. The Morgan fingerprint density at radius 3 is 2.73 bits per heavy atom. The average molecular weight is 177 g/mol. The molecule has 0 aliphatic carbocycles. The van der Waals surface area contributed by atoms with Gasteiger partial charge in [-0.3, -0.25) is 4.90 Å². The molecule has 1 unspecified atom stereocenters. The molecule has 1 heterocycles. The van der Waals surface area contributed by atoms with E-state index in [4.69, 9.17) is 11.6 Å². The third-order valence-corrected chi connectivity index (χ3v) is 1.83. The summed E-state index contributed by atoms with van der Waals surface area (Å²) in [6.07, 6.45) is 0.398. The summed E-state index contributed by atoms with van der Waals surface area (Å²) in [6, 6.07) is -0.276. The van der Waals surface area contributed by atoms with Crippen LogP contribution in [-0.4, -0.2) is 41.3 Å². The summed E-state index contributed by atoms with van der Waals surface area (Å²) < 4.78 is 0. The van der Waals surface area contributed by atoms with Crippen LogP contribution in [0.4, 0.5) is 4.79 Å². The van der Waals surface area contributed by atoms with Gasteiger partial charge in [0.25, 0.3) is 0 Å². The molecule has 0 bridgehead atoms. The first-order valence-corrected chi connectivity index (χ1v) is 3.46. The molecule has 0 fully saturated rings. The molecule has 0 saturated carbocycles. The Bertz CT molecular complexity index is 217. The molecule has 0 aromatic carbocycles. The predicted molar refractivity (Wildman–Crippen MR) is 40.9 cm³/mol. The summed E-state index contributed by atoms with van der Waals surface area (Å²) in [7, 11) is 3.06. The molecule has 2 amide bonds. The van der Waals surface area contributed by atoms with Gasteiger partial charge in [-0.1, -0.05) is 11.6 Å². The van der Waals surface area contributed by atoms with Crippen LogP contribution in [0, 0.1) is 0 Å². The molecular weight excluding hydrogens is 168 g/mol. The normalized spacial score (nSPS) is 25.6. The number of nitrogens with zero attached hydrogens (tertiary/aromatic N) is 2. The van der Waals surface area contributed by atoms with E-state index in [9.17, 15) is 9.90 Å². The topological polar surface area (TPSA) is 43.8 Å². The van der Waals surface area contributed by atoms with Crippen LogP contribution in [-0.2, 0) is 0 Å². The van der Waals surface area contributed by atoms with E-state index in [1.165, 1.54) is 18.1 Å². The van der Waals surface area contributed by atoms with Gasteiger partial charge in [0.1, 0.15) is 0 Å². The number of halogens is 1. The van der Waals surface area contributed by atoms with Crippen LogP contribution in [0.3, 0.4) is 0 Å². The third kappa shape index (κ3) is 1.32. The summed E-state index contributed by atoms with van der Waals surface area (Å²) in [4.78, 5) is 13.5. The molecule has 1 rings (SSSR count). The highest BCUT2D eigenvalue weighted by atomic mass is 35.5. The summed E-state index contributed by atoms with van der Waals surface area (Å²) in [5.74, 6) is 0. The molecular formula is C6H9ClN2O2. The number of likely N-dealkylation sites (N-methyl/N-ethyl adjacent to an activating group) is 1. The summed E-state index contributed by atoms with van der Waals surface area (Å²) >= 11 is 5.60. The second-order valence-corrected chi connectivity index (χ2v) is 2.83. The standard InChI is InChI=1S/C6H9ClN2O2/c1-8-3-4(7)5(10)9(2)6(8)11/h3,5,10H,1-2H3. The number of rotatable bonds is 0. The molecule has 1 atom stereocenters. The van der Waals surface area contributed by atoms with Crippen LogP contribution in [0.15, 0.2) is 11.2 Å². The fraction of sp³-hybridized carbons (Fsp3) is 0.500. The van der Waals surface area contributed by atoms with E-state index in [-0.39, 0.29) is 11.1 Å². The number of hydrogen-bond acceptors (Lipinski definition) is 2. The maximum atomic E-state index is 11.1. The van der Waals surface area contributed by atoms with Gasteiger partial charge >= 0.3 is 6.03 Å².